The first kappa shape index (κ1) is 39.1. The number of hydrogen-bond donors (Lipinski definition) is 2. The van der Waals surface area contributed by atoms with Crippen molar-refractivity contribution in [3.63, 3.8) is 0 Å². The molecule has 2 N–H and O–H groups in total. The van der Waals surface area contributed by atoms with Gasteiger partial charge in [0.2, 0.25) is 0 Å². The van der Waals surface area contributed by atoms with Gasteiger partial charge in [0, 0.05) is 0 Å². The van der Waals surface area contributed by atoms with Crippen LogP contribution < -0.4 is 0 Å². The van der Waals surface area contributed by atoms with E-state index in [1.807, 2.05) is 0 Å². The fourth-order valence-electron chi connectivity index (χ4n) is 3.52. The molecule has 0 heterocycles. The molecule has 0 aromatic heterocycles. The average Bonchev–Trinajstić information content (AvgIpc) is 3.53. The Morgan fingerprint density at radius 2 is 1.24 bits per heavy atom. The van der Waals surface area contributed by atoms with Gasteiger partial charge in [0.1, 0.15) is 11.5 Å². The number of phenols is 2. The number of para-hydroxylation sites is 2. The Hall–Kier alpha value is -2.93. The van der Waals surface area contributed by atoms with Crippen molar-refractivity contribution in [2.24, 2.45) is 0 Å². The molecule has 0 atom stereocenters. The number of rotatable bonds is 3. The zero-order valence-electron chi connectivity index (χ0n) is 24.5. The molecule has 0 bridgehead atoms. The first-order chi connectivity index (χ1) is 19.6. The molecule has 4 aromatic rings. The van der Waals surface area contributed by atoms with Crippen molar-refractivity contribution >= 4 is 4.21 Å². The van der Waals surface area contributed by atoms with Crippen LogP contribution in [-0.2, 0) is 43.0 Å². The molecule has 4 rings (SSSR count). The summed E-state index contributed by atoms with van der Waals surface area (Å²) in [6, 6.07) is 19.6. The Bertz CT molecular complexity index is 1210. The van der Waals surface area contributed by atoms with Gasteiger partial charge in [-0.2, -0.15) is 72.4 Å². The third kappa shape index (κ3) is 14.3. The SMILES string of the molecule is CCCCc1ccc[cH-]1.Cc1c[c-](C)c(C)c1C.Oc1ccccc1C(F)(F)F.Oc1ccccc1C(F)(F)F.[CH2]=[Zr+2]. The van der Waals surface area contributed by atoms with E-state index in [9.17, 15) is 26.3 Å². The van der Waals surface area contributed by atoms with Gasteiger partial charge in [0.15, 0.2) is 0 Å². The summed E-state index contributed by atoms with van der Waals surface area (Å²) in [7, 11) is 0. The predicted molar refractivity (Wildman–Crippen MR) is 155 cm³/mol. The fraction of sp³-hybridized carbons (Fsp3) is 0.303. The van der Waals surface area contributed by atoms with Crippen LogP contribution in [0.1, 0.15) is 58.7 Å². The molecule has 0 aliphatic rings. The van der Waals surface area contributed by atoms with Gasteiger partial charge in [0.25, 0.3) is 0 Å². The van der Waals surface area contributed by atoms with Gasteiger partial charge in [-0.05, 0) is 24.3 Å². The fourth-order valence-corrected chi connectivity index (χ4v) is 3.52. The van der Waals surface area contributed by atoms with Gasteiger partial charge in [-0.3, -0.25) is 0 Å². The first-order valence-corrected chi connectivity index (χ1v) is 14.8. The first-order valence-electron chi connectivity index (χ1n) is 13.1. The van der Waals surface area contributed by atoms with Crippen LogP contribution in [0.25, 0.3) is 0 Å². The molecule has 0 saturated carbocycles. The number of aryl methyl sites for hydroxylation is 3. The molecule has 0 unspecified atom stereocenters. The second-order valence-electron chi connectivity index (χ2n) is 9.19. The molecule has 228 valence electrons. The maximum atomic E-state index is 11.9. The number of benzene rings is 2. The predicted octanol–water partition coefficient (Wildman–Crippen LogP) is 10.2. The van der Waals surface area contributed by atoms with E-state index < -0.39 is 35.0 Å². The molecule has 42 heavy (non-hydrogen) atoms. The number of halogens is 6. The van der Waals surface area contributed by atoms with Crippen molar-refractivity contribution < 1.29 is 60.8 Å². The Kier molecular flexibility index (Phi) is 18.0. The molecule has 9 heteroatoms. The van der Waals surface area contributed by atoms with Crippen molar-refractivity contribution in [1.82, 2.24) is 0 Å². The number of unbranched alkanes of at least 4 members (excludes halogenated alkanes) is 1. The summed E-state index contributed by atoms with van der Waals surface area (Å²) < 4.78 is 74.7. The van der Waals surface area contributed by atoms with E-state index in [0.717, 1.165) is 24.3 Å². The quantitative estimate of drug-likeness (QED) is 0.168. The van der Waals surface area contributed by atoms with Crippen LogP contribution in [0.2, 0.25) is 0 Å². The number of aromatic hydroxyl groups is 2. The molecule has 2 nitrogen and oxygen atoms in total. The number of hydrogen-bond acceptors (Lipinski definition) is 2. The Balaban J connectivity index is 0.000000525. The van der Waals surface area contributed by atoms with E-state index in [0.29, 0.717) is 0 Å². The second kappa shape index (κ2) is 19.3. The van der Waals surface area contributed by atoms with Crippen LogP contribution in [0.15, 0.2) is 78.9 Å². The van der Waals surface area contributed by atoms with Crippen LogP contribution in [0, 0.1) is 27.7 Å². The summed E-state index contributed by atoms with van der Waals surface area (Å²) >= 11 is 1.30. The summed E-state index contributed by atoms with van der Waals surface area (Å²) in [6.45, 7) is 10.9. The van der Waals surface area contributed by atoms with E-state index in [1.165, 1.54) is 95.6 Å². The van der Waals surface area contributed by atoms with Crippen LogP contribution >= 0.6 is 0 Å². The molecule has 0 aliphatic carbocycles. The minimum atomic E-state index is -4.47. The second-order valence-corrected chi connectivity index (χ2v) is 9.19. The third-order valence-corrected chi connectivity index (χ3v) is 6.15. The van der Waals surface area contributed by atoms with Gasteiger partial charge in [0.05, 0.1) is 11.1 Å². The summed E-state index contributed by atoms with van der Waals surface area (Å²) in [5.41, 5.74) is 5.23. The Morgan fingerprint density at radius 3 is 1.48 bits per heavy atom. The zero-order chi connectivity index (χ0) is 32.5. The van der Waals surface area contributed by atoms with E-state index in [1.54, 1.807) is 0 Å². The van der Waals surface area contributed by atoms with Gasteiger partial charge in [-0.1, -0.05) is 78.1 Å². The van der Waals surface area contributed by atoms with Crippen molar-refractivity contribution in [3.8, 4) is 11.5 Å². The van der Waals surface area contributed by atoms with Gasteiger partial charge >= 0.3 is 40.8 Å². The van der Waals surface area contributed by atoms with Crippen molar-refractivity contribution in [3.05, 3.63) is 118 Å². The molecule has 0 spiro atoms. The molecule has 0 radical (unpaired) electrons. The summed E-state index contributed by atoms with van der Waals surface area (Å²) in [6.07, 6.45) is -5.06. The van der Waals surface area contributed by atoms with Crippen LogP contribution in [0.5, 0.6) is 11.5 Å². The van der Waals surface area contributed by atoms with E-state index in [-0.39, 0.29) is 0 Å². The molecule has 4 aromatic carbocycles. The summed E-state index contributed by atoms with van der Waals surface area (Å²) in [5.74, 6) is -1.47. The van der Waals surface area contributed by atoms with Crippen LogP contribution in [-0.4, -0.2) is 14.4 Å². The van der Waals surface area contributed by atoms with Crippen molar-refractivity contribution in [1.29, 1.82) is 0 Å². The van der Waals surface area contributed by atoms with Crippen LogP contribution in [0.3, 0.4) is 0 Å². The number of alkyl halides is 6. The Labute approximate surface area is 259 Å². The summed E-state index contributed by atoms with van der Waals surface area (Å²) in [4.78, 5) is 0. The van der Waals surface area contributed by atoms with Gasteiger partial charge < -0.3 is 10.2 Å². The zero-order valence-corrected chi connectivity index (χ0v) is 27.0. The Morgan fingerprint density at radius 1 is 0.786 bits per heavy atom. The minimum absolute atomic E-state index is 0.736. The van der Waals surface area contributed by atoms with E-state index in [4.69, 9.17) is 10.2 Å². The van der Waals surface area contributed by atoms with Gasteiger partial charge in [-0.25, -0.2) is 12.1 Å². The van der Waals surface area contributed by atoms with Gasteiger partial charge in [-0.15, -0.1) is 0 Å². The summed E-state index contributed by atoms with van der Waals surface area (Å²) in [5, 5.41) is 17.5. The topological polar surface area (TPSA) is 40.5 Å². The monoisotopic (exact) mass is 670 g/mol. The number of phenolic OH excluding ortho intramolecular Hbond substituents is 2. The molecule has 0 saturated heterocycles. The third-order valence-electron chi connectivity index (χ3n) is 6.15. The van der Waals surface area contributed by atoms with Crippen molar-refractivity contribution in [2.45, 2.75) is 66.2 Å². The molecule has 0 aliphatic heterocycles. The molecular weight excluding hydrogens is 634 g/mol. The normalized spacial score (nSPS) is 10.5. The van der Waals surface area contributed by atoms with Crippen molar-refractivity contribution in [2.75, 3.05) is 0 Å². The van der Waals surface area contributed by atoms with E-state index >= 15 is 0 Å². The maximum absolute atomic E-state index is 11.9. The molecule has 0 fully saturated rings. The standard InChI is InChI=1S/2C9H13.2C7H5F3O.CH2.Zr/c1-6-5-7(2)9(4)8(6)3;1-2-3-6-9-7-4-5-8-9;2*8-7(9,10)5-3-1-2-4-6(5)11;;/h5H,1-4H3;4-5,7-8H,2-3,6H2,1H3;2*1-4,11H;1H2;/q2*-1;;;;+2. The molecule has 0 amide bonds. The molecular formula is C33H38F6O2Zr. The van der Waals surface area contributed by atoms with E-state index in [2.05, 4.69) is 69.2 Å². The average molecular weight is 672 g/mol. The van der Waals surface area contributed by atoms with Crippen LogP contribution in [0.4, 0.5) is 26.3 Å².